The van der Waals surface area contributed by atoms with Crippen LogP contribution in [-0.2, 0) is 46.2 Å². The Bertz CT molecular complexity index is 3340. The predicted molar refractivity (Wildman–Crippen MR) is 403 cm³/mol. The lowest BCUT2D eigenvalue weighted by Gasteiger charge is -2.43. The number of ether oxygens (including phenoxy) is 9. The van der Waals surface area contributed by atoms with Crippen LogP contribution in [0.2, 0.25) is 0 Å². The molecule has 6 aromatic carbocycles. The number of rotatable bonds is 0. The second-order valence-electron chi connectivity index (χ2n) is 22.6. The second kappa shape index (κ2) is 49.1. The van der Waals surface area contributed by atoms with E-state index in [1.807, 2.05) is 103 Å². The van der Waals surface area contributed by atoms with Crippen molar-refractivity contribution in [3.8, 4) is 11.5 Å². The molecule has 0 radical (unpaired) electrons. The number of hydrogen-bond acceptors (Lipinski definition) is 21. The van der Waals surface area contributed by atoms with Crippen LogP contribution in [-0.4, -0.2) is 154 Å². The van der Waals surface area contributed by atoms with E-state index >= 15 is 0 Å². The summed E-state index contributed by atoms with van der Waals surface area (Å²) in [5.41, 5.74) is 7.76. The average Bonchev–Trinajstić information content (AvgIpc) is 1.50. The first kappa shape index (κ1) is 76.2. The lowest BCUT2D eigenvalue weighted by molar-refractivity contribution is -0.0963. The maximum Gasteiger partial charge on any atom is 0.192 e. The molecule has 12 aliphatic rings. The average molecular weight is 1390 g/mol. The monoisotopic (exact) mass is 1380 g/mol. The van der Waals surface area contributed by atoms with Crippen LogP contribution in [0.4, 0.5) is 17.1 Å². The van der Waals surface area contributed by atoms with E-state index < -0.39 is 0 Å². The molecule has 99 heavy (non-hydrogen) atoms. The summed E-state index contributed by atoms with van der Waals surface area (Å²) in [6, 6.07) is 49.6. The van der Waals surface area contributed by atoms with Crippen molar-refractivity contribution in [1.82, 2.24) is 15.5 Å². The van der Waals surface area contributed by atoms with Crippen molar-refractivity contribution in [2.75, 3.05) is 123 Å². The zero-order valence-electron chi connectivity index (χ0n) is 56.7. The van der Waals surface area contributed by atoms with Crippen LogP contribution in [0.3, 0.4) is 0 Å². The number of aliphatic imine (C=N–C) groups is 4. The Morgan fingerprint density at radius 3 is 1.81 bits per heavy atom. The third-order valence-electron chi connectivity index (χ3n) is 15.2. The molecule has 19 nitrogen and oxygen atoms in total. The van der Waals surface area contributed by atoms with E-state index in [0.29, 0.717) is 37.6 Å². The summed E-state index contributed by atoms with van der Waals surface area (Å²) in [6.45, 7) is 16.8. The van der Waals surface area contributed by atoms with Crippen LogP contribution >= 0.6 is 23.5 Å². The van der Waals surface area contributed by atoms with Gasteiger partial charge in [-0.25, -0.2) is 9.98 Å². The minimum Gasteiger partial charge on any atom is -0.493 e. The number of piperidine rings is 1. The molecule has 19 rings (SSSR count). The SMILES string of the molecule is C1=CN=COC1.C1=COC=NC1.C1=Cc2ccccc2OC1.C1=NCCCO1.C1=Nc2ccccc2CO1.C1CCNCC1.C1COCCN1.C1COCOC1.C1CSC2CCN2C1.O=c1ccoc2ccccc12.c1ccc2c(c1)CCCO2.c1ccc2c(c1)Nc1ccccc1S2. The van der Waals surface area contributed by atoms with Gasteiger partial charge in [-0.15, -0.1) is 11.8 Å². The molecular weight excluding hydrogens is 1290 g/mol. The number of para-hydroxylation sites is 6. The Balaban J connectivity index is 0.000000139. The van der Waals surface area contributed by atoms with Crippen LogP contribution in [0.1, 0.15) is 68.1 Å². The third-order valence-corrected chi connectivity index (χ3v) is 17.8. The highest BCUT2D eigenvalue weighted by molar-refractivity contribution is 8.00. The minimum absolute atomic E-state index is 0.00634. The predicted octanol–water partition coefficient (Wildman–Crippen LogP) is 15.1. The Morgan fingerprint density at radius 2 is 1.29 bits per heavy atom. The quantitative estimate of drug-likeness (QED) is 0.129. The number of benzene rings is 6. The molecule has 0 aliphatic carbocycles. The highest BCUT2D eigenvalue weighted by atomic mass is 32.2. The molecule has 12 aliphatic heterocycles. The smallest absolute Gasteiger partial charge is 0.192 e. The molecule has 1 unspecified atom stereocenters. The number of fused-ring (bicyclic) bond motifs is 7. The summed E-state index contributed by atoms with van der Waals surface area (Å²) in [4.78, 5) is 31.6. The van der Waals surface area contributed by atoms with E-state index in [2.05, 4.69) is 124 Å². The maximum absolute atomic E-state index is 11.1. The zero-order chi connectivity index (χ0) is 68.4. The van der Waals surface area contributed by atoms with E-state index in [4.69, 9.17) is 42.3 Å². The van der Waals surface area contributed by atoms with Gasteiger partial charge in [0, 0.05) is 65.8 Å². The van der Waals surface area contributed by atoms with Gasteiger partial charge in [0.05, 0.1) is 86.5 Å². The van der Waals surface area contributed by atoms with Gasteiger partial charge in [-0.05, 0) is 149 Å². The highest BCUT2D eigenvalue weighted by Crippen LogP contribution is 2.43. The summed E-state index contributed by atoms with van der Waals surface area (Å²) < 4.78 is 49.6. The molecule has 7 aromatic rings. The van der Waals surface area contributed by atoms with Gasteiger partial charge in [0.1, 0.15) is 43.7 Å². The number of nitrogens with zero attached hydrogens (tertiary/aromatic N) is 5. The molecule has 526 valence electrons. The van der Waals surface area contributed by atoms with Gasteiger partial charge < -0.3 is 63.0 Å². The van der Waals surface area contributed by atoms with Crippen molar-refractivity contribution in [3.63, 3.8) is 0 Å². The fourth-order valence-corrected chi connectivity index (χ4v) is 12.3. The van der Waals surface area contributed by atoms with Crippen molar-refractivity contribution < 1.29 is 47.0 Å². The molecule has 0 spiro atoms. The number of anilines is 2. The Morgan fingerprint density at radius 1 is 0.545 bits per heavy atom. The maximum atomic E-state index is 11.1. The Hall–Kier alpha value is -8.51. The van der Waals surface area contributed by atoms with Crippen LogP contribution < -0.4 is 30.9 Å². The molecule has 21 heteroatoms. The third kappa shape index (κ3) is 31.1. The molecule has 0 amide bonds. The molecular formula is C78H96N8O11S2. The van der Waals surface area contributed by atoms with Gasteiger partial charge in [-0.2, -0.15) is 0 Å². The normalized spacial score (nSPS) is 18.1. The first-order chi connectivity index (χ1) is 49.2. The van der Waals surface area contributed by atoms with E-state index in [1.165, 1.54) is 141 Å². The molecule has 0 saturated carbocycles. The fourth-order valence-electron chi connectivity index (χ4n) is 10.0. The van der Waals surface area contributed by atoms with Gasteiger partial charge in [-0.3, -0.25) is 19.7 Å². The largest absolute Gasteiger partial charge is 0.493 e. The van der Waals surface area contributed by atoms with Gasteiger partial charge in [0.15, 0.2) is 31.0 Å². The molecule has 0 bridgehead atoms. The number of aryl methyl sites for hydroxylation is 1. The van der Waals surface area contributed by atoms with Crippen molar-refractivity contribution in [3.05, 3.63) is 216 Å². The van der Waals surface area contributed by atoms with E-state index in [1.54, 1.807) is 24.6 Å². The molecule has 13 heterocycles. The van der Waals surface area contributed by atoms with Crippen LogP contribution in [0.25, 0.3) is 17.0 Å². The Kier molecular flexibility index (Phi) is 37.8. The van der Waals surface area contributed by atoms with Crippen LogP contribution in [0, 0.1) is 0 Å². The summed E-state index contributed by atoms with van der Waals surface area (Å²) in [5.74, 6) is 3.47. The van der Waals surface area contributed by atoms with Crippen molar-refractivity contribution in [2.45, 2.75) is 79.6 Å². The van der Waals surface area contributed by atoms with Crippen LogP contribution in [0.15, 0.2) is 228 Å². The minimum atomic E-state index is 0.00634. The summed E-state index contributed by atoms with van der Waals surface area (Å²) in [7, 11) is 0. The van der Waals surface area contributed by atoms with E-state index in [0.717, 1.165) is 113 Å². The second-order valence-corrected chi connectivity index (χ2v) is 25.0. The summed E-state index contributed by atoms with van der Waals surface area (Å²) in [5, 5.41) is 11.4. The first-order valence-corrected chi connectivity index (χ1v) is 36.1. The fraction of sp³-hybridized carbons (Fsp3) is 0.372. The van der Waals surface area contributed by atoms with E-state index in [9.17, 15) is 4.79 Å². The summed E-state index contributed by atoms with van der Waals surface area (Å²) >= 11 is 3.96. The van der Waals surface area contributed by atoms with Crippen molar-refractivity contribution in [2.24, 2.45) is 20.0 Å². The van der Waals surface area contributed by atoms with Gasteiger partial charge >= 0.3 is 0 Å². The lowest BCUT2D eigenvalue weighted by atomic mass is 10.1. The van der Waals surface area contributed by atoms with Crippen molar-refractivity contribution in [1.29, 1.82) is 0 Å². The van der Waals surface area contributed by atoms with Gasteiger partial charge in [0.2, 0.25) is 0 Å². The Labute approximate surface area is 592 Å². The molecule has 5 saturated heterocycles. The highest BCUT2D eigenvalue weighted by Gasteiger charge is 2.30. The van der Waals surface area contributed by atoms with Gasteiger partial charge in [-0.1, -0.05) is 115 Å². The van der Waals surface area contributed by atoms with E-state index in [-0.39, 0.29) is 5.43 Å². The van der Waals surface area contributed by atoms with Gasteiger partial charge in [0.25, 0.3) is 0 Å². The summed E-state index contributed by atoms with van der Waals surface area (Å²) in [6.07, 6.45) is 30.0. The molecule has 1 atom stereocenters. The molecule has 3 N–H and O–H groups in total. The number of thioether (sulfide) groups is 1. The van der Waals surface area contributed by atoms with Crippen LogP contribution in [0.5, 0.6) is 11.5 Å². The number of hydrogen-bond donors (Lipinski definition) is 3. The first-order valence-electron chi connectivity index (χ1n) is 34.3. The molecule has 1 aromatic heterocycles. The topological polar surface area (TPSA) is 202 Å². The standard InChI is InChI=1S/C12H9NS.C9H6O2.C9H10O.C9H8O.C8H7NO.C6H11NS.C5H11N.C4H9NO.C4H7NO.2C4H5NO.C4H8O2/c1-3-7-11-9(5-1)13-10-6-2-4-8-12(10)14-11;10-8-5-6-11-9-4-2-1-3-7(8)9;2*1-2-6-9-8(4-1)5-3-7-10-9;1-2-4-8-7(3-1)5-10-6-9-8;1-3-7-4-2-6(7)8-5-1;1-2-4-6-5-3-1;1-3-6-4-2-5-1;4*1-2-5-4-6-3-1/h1-8,13H;1-6H;1-2,4,6H,3,5,7H2;1-6H,7H2;1-4,6H,5H2;6H,1-5H2;6H,1-5H2;5H,1-4H2;4H,1-3H2;1,3-4H,2H2;1-2,4H,3H2;1-4H2. The number of nitrogens with one attached hydrogen (secondary N) is 3. The van der Waals surface area contributed by atoms with Crippen molar-refractivity contribution >= 4 is 83.2 Å². The molecule has 5 fully saturated rings. The lowest BCUT2D eigenvalue weighted by Crippen LogP contribution is -2.48. The number of morpholine rings is 1. The zero-order valence-corrected chi connectivity index (χ0v) is 58.3.